The average molecular weight is 391 g/mol. The molecule has 0 unspecified atom stereocenters. The normalized spacial score (nSPS) is 1.00. The first-order valence-corrected chi connectivity index (χ1v) is 8.33. The molecule has 2 nitrogen and oxygen atoms in total. The van der Waals surface area contributed by atoms with E-state index in [-0.39, 0.29) is 134 Å². The van der Waals surface area contributed by atoms with Crippen molar-refractivity contribution in [1.29, 1.82) is 0 Å². The summed E-state index contributed by atoms with van der Waals surface area (Å²) in [6, 6.07) is 0. The number of halogens is 4. The molecule has 0 fully saturated rings. The quantitative estimate of drug-likeness (QED) is 0.369. The summed E-state index contributed by atoms with van der Waals surface area (Å²) in [5.74, 6) is 0. The van der Waals surface area contributed by atoms with Gasteiger partial charge < -0.3 is 38.6 Å². The van der Waals surface area contributed by atoms with Crippen LogP contribution >= 0.6 is 19.4 Å². The van der Waals surface area contributed by atoms with Gasteiger partial charge in [-0.3, -0.25) is 0 Å². The van der Waals surface area contributed by atoms with Gasteiger partial charge in [0.15, 0.2) is 0 Å². The molecule has 54 valence electrons. The Balaban J connectivity index is -0.000000000556. The molecule has 10 heteroatoms. The monoisotopic (exact) mass is 386 g/mol. The molecule has 4 N–H and O–H groups in total. The summed E-state index contributed by atoms with van der Waals surface area (Å²) in [4.78, 5) is 0. The van der Waals surface area contributed by atoms with Gasteiger partial charge >= 0.3 is 110 Å². The molecule has 0 rings (SSSR count). The van der Waals surface area contributed by atoms with E-state index in [2.05, 4.69) is 0 Å². The molecule has 0 aliphatic heterocycles. The van der Waals surface area contributed by atoms with Crippen molar-refractivity contribution >= 4 is 94.9 Å². The third kappa shape index (κ3) is 76.8. The Labute approximate surface area is 164 Å². The Kier molecular flexibility index (Phi) is 406. The molecule has 10 heavy (non-hydrogen) atoms. The van der Waals surface area contributed by atoms with Crippen molar-refractivity contribution in [2.45, 2.75) is 0 Å². The first-order valence-electron chi connectivity index (χ1n) is 0.535. The predicted octanol–water partition coefficient (Wildman–Crippen LogP) is -6.80. The Morgan fingerprint density at radius 2 is 0.900 bits per heavy atom. The number of hydrogen-bond acceptors (Lipinski definition) is 0. The Morgan fingerprint density at radius 1 is 0.900 bits per heavy atom. The summed E-state index contributed by atoms with van der Waals surface area (Å²) in [5, 5.41) is 0. The van der Waals surface area contributed by atoms with Crippen LogP contribution in [0.25, 0.3) is 0 Å². The van der Waals surface area contributed by atoms with Gasteiger partial charge in [0.25, 0.3) is 0 Å². The van der Waals surface area contributed by atoms with Crippen LogP contribution in [0.5, 0.6) is 0 Å². The molecule has 0 saturated heterocycles. The zero-order valence-electron chi connectivity index (χ0n) is 7.34. The van der Waals surface area contributed by atoms with E-state index in [1.807, 2.05) is 0 Å². The number of rotatable bonds is 0. The second-order valence-electron chi connectivity index (χ2n) is 0.101. The van der Waals surface area contributed by atoms with Crippen LogP contribution in [-0.2, 0) is 34.6 Å². The van der Waals surface area contributed by atoms with Gasteiger partial charge in [-0.1, -0.05) is 0 Å². The minimum Gasteiger partial charge on any atom is -1.00 e. The molecule has 0 aliphatic rings. The van der Waals surface area contributed by atoms with E-state index in [0.29, 0.717) is 0 Å². The fourth-order valence-electron chi connectivity index (χ4n) is 0. The molecule has 0 saturated carbocycles. The summed E-state index contributed by atoms with van der Waals surface area (Å²) in [6.07, 6.45) is 0. The molecular weight excluding hydrogens is 385 g/mol. The van der Waals surface area contributed by atoms with Crippen LogP contribution in [0.3, 0.4) is 0 Å². The van der Waals surface area contributed by atoms with Crippen molar-refractivity contribution in [2.75, 3.05) is 0 Å². The summed E-state index contributed by atoms with van der Waals surface area (Å²) in [7, 11) is 9.90. The third-order valence-electron chi connectivity index (χ3n) is 0. The fourth-order valence-corrected chi connectivity index (χ4v) is 0. The van der Waals surface area contributed by atoms with E-state index in [0.717, 1.165) is 0 Å². The van der Waals surface area contributed by atoms with Crippen molar-refractivity contribution in [2.24, 2.45) is 0 Å². The molecule has 0 amide bonds. The van der Waals surface area contributed by atoms with Gasteiger partial charge in [-0.15, -0.1) is 0 Å². The third-order valence-corrected chi connectivity index (χ3v) is 0. The first kappa shape index (κ1) is 60.7. The van der Waals surface area contributed by atoms with Crippen molar-refractivity contribution in [1.82, 2.24) is 0 Å². The molecule has 0 bridgehead atoms. The predicted molar refractivity (Wildman–Crippen MR) is 32.7 cm³/mol. The molecule has 0 atom stereocenters. The molecule has 0 aromatic carbocycles. The van der Waals surface area contributed by atoms with Gasteiger partial charge in [-0.2, -0.15) is 0 Å². The SMILES string of the molecule is O.O.[Ca+2].[Ca+2].[Cl-].[Cl-].[Cl][Zn][Cl].[H-].[H-].[Zn]. The van der Waals surface area contributed by atoms with Crippen molar-refractivity contribution < 1.29 is 73.2 Å². The second kappa shape index (κ2) is 66.9. The molecule has 0 aliphatic carbocycles. The Bertz CT molecular complexity index is 27.0. The average Bonchev–Trinajstić information content (AvgIpc) is 0.918. The largest absolute Gasteiger partial charge is 1.00 e. The summed E-state index contributed by atoms with van der Waals surface area (Å²) < 4.78 is 0. The van der Waals surface area contributed by atoms with Crippen LogP contribution in [-0.4, -0.2) is 86.4 Å². The summed E-state index contributed by atoms with van der Waals surface area (Å²) in [5.41, 5.74) is 0. The molecule has 0 aromatic rings. The van der Waals surface area contributed by atoms with Crippen LogP contribution in [0.15, 0.2) is 0 Å². The fraction of sp³-hybridized carbons (Fsp3) is 0. The maximum Gasteiger partial charge on any atom is 0 e. The smallest absolute Gasteiger partial charge is 0 e. The maximum atomic E-state index is 4.95. The van der Waals surface area contributed by atoms with Gasteiger partial charge in [-0.25, -0.2) is 0 Å². The van der Waals surface area contributed by atoms with Crippen LogP contribution in [0.4, 0.5) is 0 Å². The minimum atomic E-state index is -0.931. The van der Waals surface area contributed by atoms with E-state index in [1.54, 1.807) is 0 Å². The zero-order chi connectivity index (χ0) is 2.71. The van der Waals surface area contributed by atoms with Crippen molar-refractivity contribution in [3.63, 3.8) is 0 Å². The van der Waals surface area contributed by atoms with Crippen LogP contribution in [0.2, 0.25) is 0 Å². The van der Waals surface area contributed by atoms with E-state index in [9.17, 15) is 0 Å². The zero-order valence-corrected chi connectivity index (χ0v) is 18.7. The van der Waals surface area contributed by atoms with Crippen LogP contribution in [0, 0.1) is 0 Å². The van der Waals surface area contributed by atoms with E-state index in [1.165, 1.54) is 0 Å². The van der Waals surface area contributed by atoms with Crippen LogP contribution in [0.1, 0.15) is 2.85 Å². The Morgan fingerprint density at radius 3 is 0.900 bits per heavy atom. The molecule has 0 spiro atoms. The maximum absolute atomic E-state index is 4.95. The Hall–Kier alpha value is 4.85. The van der Waals surface area contributed by atoms with E-state index < -0.39 is 15.1 Å². The number of hydrogen-bond donors (Lipinski definition) is 0. The minimum absolute atomic E-state index is 0. The molecule has 0 radical (unpaired) electrons. The first-order chi connectivity index (χ1) is 1.41. The van der Waals surface area contributed by atoms with Crippen LogP contribution < -0.4 is 24.8 Å². The molecular formula is H6Ca2Cl4O2Zn2. The van der Waals surface area contributed by atoms with Gasteiger partial charge in [0, 0.05) is 19.5 Å². The van der Waals surface area contributed by atoms with Gasteiger partial charge in [0.05, 0.1) is 0 Å². The molecule has 0 heterocycles. The second-order valence-corrected chi connectivity index (χ2v) is 4.72. The van der Waals surface area contributed by atoms with E-state index >= 15 is 0 Å². The van der Waals surface area contributed by atoms with E-state index in [4.69, 9.17) is 19.4 Å². The standard InChI is InChI=1S/2Ca.4ClH.2H2O.2Zn.2H/h;;4*1H;2*1H2;;;;/q2*+2;;;;;;;;+2;2*-1/p-4. The molecule has 0 aromatic heterocycles. The van der Waals surface area contributed by atoms with Gasteiger partial charge in [-0.05, 0) is 0 Å². The summed E-state index contributed by atoms with van der Waals surface area (Å²) in [6.45, 7) is 0. The van der Waals surface area contributed by atoms with Gasteiger partial charge in [0.2, 0.25) is 0 Å². The van der Waals surface area contributed by atoms with Crippen molar-refractivity contribution in [3.8, 4) is 0 Å². The van der Waals surface area contributed by atoms with Gasteiger partial charge in [0.1, 0.15) is 0 Å². The summed E-state index contributed by atoms with van der Waals surface area (Å²) >= 11 is -0.931. The topological polar surface area (TPSA) is 63.0 Å². The van der Waals surface area contributed by atoms with Crippen molar-refractivity contribution in [3.05, 3.63) is 0 Å².